The van der Waals surface area contributed by atoms with E-state index >= 15 is 0 Å². The van der Waals surface area contributed by atoms with Crippen molar-refractivity contribution in [1.29, 1.82) is 0 Å². The van der Waals surface area contributed by atoms with E-state index in [1.165, 1.54) is 0 Å². The third-order valence-electron chi connectivity index (χ3n) is 3.46. The molecule has 0 radical (unpaired) electrons. The van der Waals surface area contributed by atoms with Crippen LogP contribution in [-0.4, -0.2) is 32.9 Å². The number of aliphatic hydroxyl groups is 1. The first kappa shape index (κ1) is 18.0. The number of amides is 1. The number of rotatable bonds is 5. The topological polar surface area (TPSA) is 76.4 Å². The smallest absolute Gasteiger partial charge is 0.251 e. The van der Waals surface area contributed by atoms with Crippen molar-refractivity contribution in [3.8, 4) is 5.75 Å². The van der Waals surface area contributed by atoms with Crippen LogP contribution in [0.3, 0.4) is 0 Å². The Bertz CT molecular complexity index is 697. The Morgan fingerprint density at radius 1 is 1.25 bits per heavy atom. The van der Waals surface area contributed by atoms with E-state index in [2.05, 4.69) is 10.4 Å². The van der Waals surface area contributed by atoms with Crippen molar-refractivity contribution < 1.29 is 14.6 Å². The van der Waals surface area contributed by atoms with Gasteiger partial charge in [-0.15, -0.1) is 0 Å². The van der Waals surface area contributed by atoms with Gasteiger partial charge < -0.3 is 15.2 Å². The van der Waals surface area contributed by atoms with E-state index < -0.39 is 5.60 Å². The van der Waals surface area contributed by atoms with Crippen LogP contribution in [0.15, 0.2) is 36.7 Å². The lowest BCUT2D eigenvalue weighted by Gasteiger charge is -2.22. The zero-order valence-electron chi connectivity index (χ0n) is 14.8. The molecule has 0 saturated heterocycles. The zero-order valence-corrected chi connectivity index (χ0v) is 14.8. The molecular weight excluding hydrogens is 306 g/mol. The molecule has 6 heteroatoms. The molecule has 0 aliphatic rings. The average Bonchev–Trinajstić information content (AvgIpc) is 2.91. The molecule has 1 aromatic heterocycles. The van der Waals surface area contributed by atoms with Gasteiger partial charge in [-0.1, -0.05) is 0 Å². The maximum absolute atomic E-state index is 12.2. The molecule has 1 heterocycles. The van der Waals surface area contributed by atoms with Crippen LogP contribution in [0, 0.1) is 0 Å². The molecule has 1 aromatic carbocycles. The van der Waals surface area contributed by atoms with Gasteiger partial charge in [-0.25, -0.2) is 0 Å². The van der Waals surface area contributed by atoms with Crippen molar-refractivity contribution >= 4 is 5.91 Å². The molecule has 1 unspecified atom stereocenters. The number of carbonyl (C=O) groups excluding carboxylic acids is 1. The Labute approximate surface area is 142 Å². The van der Waals surface area contributed by atoms with Crippen molar-refractivity contribution in [1.82, 2.24) is 15.1 Å². The molecule has 0 saturated carbocycles. The van der Waals surface area contributed by atoms with Crippen molar-refractivity contribution in [3.05, 3.63) is 47.8 Å². The summed E-state index contributed by atoms with van der Waals surface area (Å²) in [4.78, 5) is 12.2. The van der Waals surface area contributed by atoms with Crippen LogP contribution >= 0.6 is 0 Å². The Kier molecular flexibility index (Phi) is 4.99. The summed E-state index contributed by atoms with van der Waals surface area (Å²) in [6.45, 7) is 7.64. The number of hydrogen-bond acceptors (Lipinski definition) is 4. The summed E-state index contributed by atoms with van der Waals surface area (Å²) in [5.41, 5.74) is -0.303. The Morgan fingerprint density at radius 2 is 1.88 bits per heavy atom. The van der Waals surface area contributed by atoms with Crippen LogP contribution in [-0.2, 0) is 12.6 Å². The van der Waals surface area contributed by atoms with Crippen LogP contribution in [0.2, 0.25) is 0 Å². The van der Waals surface area contributed by atoms with E-state index in [-0.39, 0.29) is 18.1 Å². The van der Waals surface area contributed by atoms with Gasteiger partial charge >= 0.3 is 0 Å². The molecule has 0 bridgehead atoms. The van der Waals surface area contributed by atoms with E-state index in [1.54, 1.807) is 55.3 Å². The van der Waals surface area contributed by atoms with Gasteiger partial charge in [0.05, 0.1) is 12.7 Å². The standard InChI is InChI=1S/C18H25N3O3/c1-17(2,3)24-15-8-6-13(7-9-15)16(22)19-12-18(4,23)14-10-20-21(5)11-14/h6-11,23H,12H2,1-5H3,(H,19,22). The summed E-state index contributed by atoms with van der Waals surface area (Å²) in [6.07, 6.45) is 3.32. The Morgan fingerprint density at radius 3 is 2.38 bits per heavy atom. The minimum Gasteiger partial charge on any atom is -0.488 e. The number of carbonyl (C=O) groups is 1. The second-order valence-electron chi connectivity index (χ2n) is 7.10. The normalized spacial score (nSPS) is 14.1. The van der Waals surface area contributed by atoms with Crippen LogP contribution < -0.4 is 10.1 Å². The van der Waals surface area contributed by atoms with Gasteiger partial charge in [0.15, 0.2) is 0 Å². The quantitative estimate of drug-likeness (QED) is 0.881. The van der Waals surface area contributed by atoms with Gasteiger partial charge in [0.1, 0.15) is 17.0 Å². The molecule has 2 N–H and O–H groups in total. The number of ether oxygens (including phenoxy) is 1. The zero-order chi connectivity index (χ0) is 18.0. The lowest BCUT2D eigenvalue weighted by Crippen LogP contribution is -2.38. The molecule has 130 valence electrons. The monoisotopic (exact) mass is 331 g/mol. The molecule has 1 amide bonds. The second kappa shape index (κ2) is 6.65. The first-order valence-corrected chi connectivity index (χ1v) is 7.86. The molecule has 0 aliphatic carbocycles. The second-order valence-corrected chi connectivity index (χ2v) is 7.10. The third-order valence-corrected chi connectivity index (χ3v) is 3.46. The largest absolute Gasteiger partial charge is 0.488 e. The predicted molar refractivity (Wildman–Crippen MR) is 91.9 cm³/mol. The van der Waals surface area contributed by atoms with E-state index in [9.17, 15) is 9.90 Å². The van der Waals surface area contributed by atoms with E-state index in [0.717, 1.165) is 0 Å². The summed E-state index contributed by atoms with van der Waals surface area (Å²) in [6, 6.07) is 6.93. The predicted octanol–water partition coefficient (Wildman–Crippen LogP) is 2.23. The van der Waals surface area contributed by atoms with Crippen molar-refractivity contribution in [2.75, 3.05) is 6.54 Å². The summed E-state index contributed by atoms with van der Waals surface area (Å²) in [5, 5.41) is 17.3. The SMILES string of the molecule is Cn1cc(C(C)(O)CNC(=O)c2ccc(OC(C)(C)C)cc2)cn1. The molecule has 2 aromatic rings. The fourth-order valence-corrected chi connectivity index (χ4v) is 2.18. The van der Waals surface area contributed by atoms with Gasteiger partial charge in [0.2, 0.25) is 0 Å². The number of nitrogens with zero attached hydrogens (tertiary/aromatic N) is 2. The molecule has 1 atom stereocenters. The van der Waals surface area contributed by atoms with Gasteiger partial charge in [-0.2, -0.15) is 5.10 Å². The molecule has 6 nitrogen and oxygen atoms in total. The molecule has 0 aliphatic heterocycles. The van der Waals surface area contributed by atoms with Crippen molar-refractivity contribution in [2.45, 2.75) is 38.9 Å². The minimum atomic E-state index is -1.18. The van der Waals surface area contributed by atoms with Gasteiger partial charge in [-0.3, -0.25) is 9.48 Å². The number of benzene rings is 1. The maximum Gasteiger partial charge on any atom is 0.251 e. The third kappa shape index (κ3) is 4.83. The van der Waals surface area contributed by atoms with Crippen LogP contribution in [0.4, 0.5) is 0 Å². The lowest BCUT2D eigenvalue weighted by molar-refractivity contribution is 0.0526. The summed E-state index contributed by atoms with van der Waals surface area (Å²) < 4.78 is 7.34. The number of aromatic nitrogens is 2. The van der Waals surface area contributed by atoms with Crippen LogP contribution in [0.1, 0.15) is 43.6 Å². The fraction of sp³-hybridized carbons (Fsp3) is 0.444. The highest BCUT2D eigenvalue weighted by atomic mass is 16.5. The van der Waals surface area contributed by atoms with Gasteiger partial charge in [0, 0.05) is 24.4 Å². The molecule has 0 fully saturated rings. The number of hydrogen-bond donors (Lipinski definition) is 2. The molecule has 0 spiro atoms. The first-order chi connectivity index (χ1) is 11.1. The molecule has 2 rings (SSSR count). The van der Waals surface area contributed by atoms with E-state index in [1.807, 2.05) is 20.8 Å². The van der Waals surface area contributed by atoms with Gasteiger partial charge in [0.25, 0.3) is 5.91 Å². The van der Waals surface area contributed by atoms with Crippen LogP contribution in [0.5, 0.6) is 5.75 Å². The van der Waals surface area contributed by atoms with Crippen molar-refractivity contribution in [3.63, 3.8) is 0 Å². The van der Waals surface area contributed by atoms with E-state index in [0.29, 0.717) is 16.9 Å². The van der Waals surface area contributed by atoms with E-state index in [4.69, 9.17) is 4.74 Å². The highest BCUT2D eigenvalue weighted by Gasteiger charge is 2.25. The van der Waals surface area contributed by atoms with Crippen LogP contribution in [0.25, 0.3) is 0 Å². The molecular formula is C18H25N3O3. The van der Waals surface area contributed by atoms with Crippen molar-refractivity contribution in [2.24, 2.45) is 7.05 Å². The average molecular weight is 331 g/mol. The Hall–Kier alpha value is -2.34. The first-order valence-electron chi connectivity index (χ1n) is 7.86. The number of aryl methyl sites for hydroxylation is 1. The highest BCUT2D eigenvalue weighted by Crippen LogP contribution is 2.20. The number of nitrogens with one attached hydrogen (secondary N) is 1. The minimum absolute atomic E-state index is 0.0950. The highest BCUT2D eigenvalue weighted by molar-refractivity contribution is 5.94. The summed E-state index contributed by atoms with van der Waals surface area (Å²) >= 11 is 0. The fourth-order valence-electron chi connectivity index (χ4n) is 2.18. The lowest BCUT2D eigenvalue weighted by atomic mass is 9.99. The summed E-state index contributed by atoms with van der Waals surface area (Å²) in [7, 11) is 1.78. The molecule has 24 heavy (non-hydrogen) atoms. The summed E-state index contributed by atoms with van der Waals surface area (Å²) in [5.74, 6) is 0.461. The Balaban J connectivity index is 1.97. The maximum atomic E-state index is 12.2. The van der Waals surface area contributed by atoms with Gasteiger partial charge in [-0.05, 0) is 52.0 Å².